The fourth-order valence-corrected chi connectivity index (χ4v) is 3.13. The van der Waals surface area contributed by atoms with Crippen LogP contribution in [0.1, 0.15) is 76.2 Å². The van der Waals surface area contributed by atoms with E-state index in [-0.39, 0.29) is 47.9 Å². The average molecular weight is 533 g/mol. The number of hydrogen-bond acceptors (Lipinski definition) is 3. The van der Waals surface area contributed by atoms with Crippen LogP contribution in [0.2, 0.25) is 0 Å². The molecule has 0 aliphatic carbocycles. The molecule has 0 bridgehead atoms. The van der Waals surface area contributed by atoms with Crippen LogP contribution in [0.25, 0.3) is 0 Å². The molecule has 30 heavy (non-hydrogen) atoms. The molecular weight excluding hydrogens is 491 g/mol. The maximum Gasteiger partial charge on any atom is 0.251 e. The number of guanidine groups is 1. The molecule has 1 aromatic carbocycles. The molecule has 0 heterocycles. The summed E-state index contributed by atoms with van der Waals surface area (Å²) < 4.78 is 0. The minimum atomic E-state index is -0.0382. The summed E-state index contributed by atoms with van der Waals surface area (Å²) in [5.41, 5.74) is 1.80. The number of nitrogens with one attached hydrogen (secondary N) is 3. The van der Waals surface area contributed by atoms with Gasteiger partial charge in [-0.05, 0) is 62.6 Å². The minimum absolute atomic E-state index is 0. The largest absolute Gasteiger partial charge is 0.396 e. The second-order valence-electron chi connectivity index (χ2n) is 7.71. The average Bonchev–Trinajstić information content (AvgIpc) is 2.74. The molecule has 0 aromatic heterocycles. The molecule has 0 aliphatic heterocycles. The first-order valence-corrected chi connectivity index (χ1v) is 11.0. The summed E-state index contributed by atoms with van der Waals surface area (Å²) in [4.78, 5) is 16.9. The van der Waals surface area contributed by atoms with Crippen molar-refractivity contribution in [2.24, 2.45) is 10.4 Å². The lowest BCUT2D eigenvalue weighted by molar-refractivity contribution is 0.0939. The second kappa shape index (κ2) is 15.5. The molecule has 6 nitrogen and oxygen atoms in total. The molecule has 1 aromatic rings. The topological polar surface area (TPSA) is 85.8 Å². The maximum absolute atomic E-state index is 12.2. The highest BCUT2D eigenvalue weighted by molar-refractivity contribution is 14.0. The van der Waals surface area contributed by atoms with E-state index < -0.39 is 0 Å². The molecule has 4 N–H and O–H groups in total. The van der Waals surface area contributed by atoms with Crippen molar-refractivity contribution in [3.05, 3.63) is 35.4 Å². The first-order valence-electron chi connectivity index (χ1n) is 11.0. The first-order chi connectivity index (χ1) is 13.9. The van der Waals surface area contributed by atoms with E-state index in [1.54, 1.807) is 0 Å². The van der Waals surface area contributed by atoms with E-state index in [0.717, 1.165) is 50.3 Å². The van der Waals surface area contributed by atoms with E-state index in [2.05, 4.69) is 41.7 Å². The Labute approximate surface area is 199 Å². The van der Waals surface area contributed by atoms with Crippen molar-refractivity contribution < 1.29 is 9.90 Å². The Balaban J connectivity index is 0.00000841. The van der Waals surface area contributed by atoms with Crippen LogP contribution in [0.4, 0.5) is 0 Å². The lowest BCUT2D eigenvalue weighted by Crippen LogP contribution is -2.43. The molecule has 1 amide bonds. The number of aliphatic hydroxyl groups excluding tert-OH is 1. The van der Waals surface area contributed by atoms with Gasteiger partial charge in [0.15, 0.2) is 5.96 Å². The zero-order valence-electron chi connectivity index (χ0n) is 19.3. The Kier molecular flexibility index (Phi) is 14.8. The van der Waals surface area contributed by atoms with Gasteiger partial charge in [0.2, 0.25) is 0 Å². The van der Waals surface area contributed by atoms with E-state index in [4.69, 9.17) is 0 Å². The van der Waals surface area contributed by atoms with E-state index in [9.17, 15) is 9.90 Å². The molecule has 7 heteroatoms. The smallest absolute Gasteiger partial charge is 0.251 e. The molecule has 0 fully saturated rings. The number of halogens is 1. The Morgan fingerprint density at radius 2 is 1.73 bits per heavy atom. The van der Waals surface area contributed by atoms with Gasteiger partial charge in [-0.25, -0.2) is 4.99 Å². The highest BCUT2D eigenvalue weighted by atomic mass is 127. The monoisotopic (exact) mass is 532 g/mol. The van der Waals surface area contributed by atoms with Crippen molar-refractivity contribution in [1.82, 2.24) is 16.0 Å². The number of rotatable bonds is 12. The molecule has 1 atom stereocenters. The Morgan fingerprint density at radius 3 is 2.23 bits per heavy atom. The van der Waals surface area contributed by atoms with Crippen molar-refractivity contribution >= 4 is 35.8 Å². The number of carbonyl (C=O) groups is 1. The Bertz CT molecular complexity index is 631. The third-order valence-electron chi connectivity index (χ3n) is 5.74. The minimum Gasteiger partial charge on any atom is -0.396 e. The molecule has 0 saturated heterocycles. The molecule has 0 aliphatic rings. The van der Waals surface area contributed by atoms with Gasteiger partial charge in [0.1, 0.15) is 0 Å². The number of carbonyl (C=O) groups excluding carboxylic acids is 1. The van der Waals surface area contributed by atoms with Crippen LogP contribution in [0.5, 0.6) is 0 Å². The van der Waals surface area contributed by atoms with Crippen LogP contribution in [-0.4, -0.2) is 42.7 Å². The fourth-order valence-electron chi connectivity index (χ4n) is 3.13. The van der Waals surface area contributed by atoms with E-state index in [1.165, 1.54) is 0 Å². The standard InChI is InChI=1S/C23H40N4O2.HI/c1-6-18(5)27-21(29)20-12-10-19(11-13-20)16-25-22(24-9-4)26-17-23(7-2,8-3)14-15-28;/h10-13,18,28H,6-9,14-17H2,1-5H3,(H,27,29)(H2,24,25,26);1H. The van der Waals surface area contributed by atoms with E-state index in [1.807, 2.05) is 38.1 Å². The van der Waals surface area contributed by atoms with Crippen LogP contribution in [0.15, 0.2) is 29.3 Å². The number of benzene rings is 1. The third-order valence-corrected chi connectivity index (χ3v) is 5.74. The predicted molar refractivity (Wildman–Crippen MR) is 137 cm³/mol. The van der Waals surface area contributed by atoms with E-state index in [0.29, 0.717) is 12.1 Å². The number of hydrogen-bond donors (Lipinski definition) is 4. The lowest BCUT2D eigenvalue weighted by atomic mass is 9.79. The summed E-state index contributed by atoms with van der Waals surface area (Å²) in [6.45, 7) is 12.7. The number of aliphatic hydroxyl groups is 1. The van der Waals surface area contributed by atoms with Crippen LogP contribution in [-0.2, 0) is 6.54 Å². The zero-order valence-corrected chi connectivity index (χ0v) is 21.6. The molecule has 1 rings (SSSR count). The normalized spacial score (nSPS) is 12.7. The van der Waals surface area contributed by atoms with Gasteiger partial charge in [0, 0.05) is 31.3 Å². The van der Waals surface area contributed by atoms with Crippen LogP contribution in [0.3, 0.4) is 0 Å². The molecule has 0 radical (unpaired) electrons. The van der Waals surface area contributed by atoms with Crippen molar-refractivity contribution in [1.29, 1.82) is 0 Å². The van der Waals surface area contributed by atoms with Gasteiger partial charge < -0.3 is 21.1 Å². The van der Waals surface area contributed by atoms with Crippen LogP contribution < -0.4 is 16.0 Å². The van der Waals surface area contributed by atoms with Gasteiger partial charge in [-0.3, -0.25) is 4.79 Å². The molecular formula is C23H41IN4O2. The Morgan fingerprint density at radius 1 is 1.10 bits per heavy atom. The lowest BCUT2D eigenvalue weighted by Gasteiger charge is -2.32. The van der Waals surface area contributed by atoms with Crippen molar-refractivity contribution in [2.75, 3.05) is 19.7 Å². The van der Waals surface area contributed by atoms with Gasteiger partial charge in [0.25, 0.3) is 5.91 Å². The van der Waals surface area contributed by atoms with E-state index >= 15 is 0 Å². The summed E-state index contributed by atoms with van der Waals surface area (Å²) in [5, 5.41) is 19.1. The first kappa shape index (κ1) is 28.6. The summed E-state index contributed by atoms with van der Waals surface area (Å²) >= 11 is 0. The fraction of sp³-hybridized carbons (Fsp3) is 0.652. The summed E-state index contributed by atoms with van der Waals surface area (Å²) in [6.07, 6.45) is 3.72. The maximum atomic E-state index is 12.2. The van der Waals surface area contributed by atoms with Crippen molar-refractivity contribution in [3.63, 3.8) is 0 Å². The zero-order chi connectivity index (χ0) is 21.7. The van der Waals surface area contributed by atoms with Crippen molar-refractivity contribution in [2.45, 2.75) is 72.9 Å². The SMILES string of the molecule is CCNC(=NCc1ccc(C(=O)NC(C)CC)cc1)NCC(CC)(CC)CCO.I. The summed E-state index contributed by atoms with van der Waals surface area (Å²) in [6, 6.07) is 7.77. The highest BCUT2D eigenvalue weighted by Gasteiger charge is 2.25. The van der Waals surface area contributed by atoms with Gasteiger partial charge in [-0.1, -0.05) is 32.9 Å². The highest BCUT2D eigenvalue weighted by Crippen LogP contribution is 2.29. The van der Waals surface area contributed by atoms with Gasteiger partial charge in [-0.2, -0.15) is 0 Å². The van der Waals surface area contributed by atoms with Gasteiger partial charge in [-0.15, -0.1) is 24.0 Å². The number of amides is 1. The van der Waals surface area contributed by atoms with Gasteiger partial charge in [0.05, 0.1) is 6.54 Å². The number of nitrogens with zero attached hydrogens (tertiary/aromatic N) is 1. The van der Waals surface area contributed by atoms with Crippen LogP contribution in [0, 0.1) is 5.41 Å². The second-order valence-corrected chi connectivity index (χ2v) is 7.71. The molecule has 0 spiro atoms. The summed E-state index contributed by atoms with van der Waals surface area (Å²) in [7, 11) is 0. The molecule has 1 unspecified atom stereocenters. The van der Waals surface area contributed by atoms with Crippen LogP contribution >= 0.6 is 24.0 Å². The predicted octanol–water partition coefficient (Wildman–Crippen LogP) is 4.08. The van der Waals surface area contributed by atoms with Crippen molar-refractivity contribution in [3.8, 4) is 0 Å². The molecule has 172 valence electrons. The third kappa shape index (κ3) is 9.64. The quantitative estimate of drug-likeness (QED) is 0.186. The molecule has 0 saturated carbocycles. The summed E-state index contributed by atoms with van der Waals surface area (Å²) in [5.74, 6) is 0.735. The number of aliphatic imine (C=N–C) groups is 1. The Hall–Kier alpha value is -1.35. The van der Waals surface area contributed by atoms with Gasteiger partial charge >= 0.3 is 0 Å².